The molecule has 0 aromatic heterocycles. The number of halogens is 4. The average molecular weight is 299 g/mol. The summed E-state index contributed by atoms with van der Waals surface area (Å²) >= 11 is 0. The maximum absolute atomic E-state index is 12.0. The van der Waals surface area contributed by atoms with Gasteiger partial charge in [0.2, 0.25) is 0 Å². The Morgan fingerprint density at radius 1 is 1.32 bits per heavy atom. The predicted molar refractivity (Wildman–Crippen MR) is 66.8 cm³/mol. The second-order valence-corrected chi connectivity index (χ2v) is 3.52. The van der Waals surface area contributed by atoms with Gasteiger partial charge in [-0.3, -0.25) is 5.41 Å². The molecule has 1 aromatic rings. The van der Waals surface area contributed by atoms with E-state index < -0.39 is 6.36 Å². The van der Waals surface area contributed by atoms with E-state index in [1.165, 1.54) is 18.2 Å². The number of ether oxygens (including phenoxy) is 2. The SMILES string of the molecule is Cl.N=C(N)COCCc1cccc(OC(F)(F)F)c1. The van der Waals surface area contributed by atoms with Crippen molar-refractivity contribution >= 4 is 18.2 Å². The van der Waals surface area contributed by atoms with Crippen LogP contribution in [0.5, 0.6) is 5.75 Å². The van der Waals surface area contributed by atoms with Crippen molar-refractivity contribution in [1.82, 2.24) is 0 Å². The number of hydrogen-bond acceptors (Lipinski definition) is 3. The van der Waals surface area contributed by atoms with E-state index in [0.717, 1.165) is 0 Å². The standard InChI is InChI=1S/C11H13F3N2O2.ClH/c12-11(13,14)18-9-3-1-2-8(6-9)4-5-17-7-10(15)16;/h1-3,6H,4-5,7H2,(H3,15,16);1H. The Labute approximate surface area is 114 Å². The maximum atomic E-state index is 12.0. The van der Waals surface area contributed by atoms with Crippen molar-refractivity contribution < 1.29 is 22.6 Å². The highest BCUT2D eigenvalue weighted by molar-refractivity contribution is 5.85. The summed E-state index contributed by atoms with van der Waals surface area (Å²) in [6.07, 6.45) is -4.27. The number of nitrogens with two attached hydrogens (primary N) is 1. The van der Waals surface area contributed by atoms with Gasteiger partial charge in [0.05, 0.1) is 6.61 Å². The van der Waals surface area contributed by atoms with E-state index in [-0.39, 0.29) is 37.2 Å². The molecule has 0 saturated carbocycles. The van der Waals surface area contributed by atoms with Crippen LogP contribution in [0, 0.1) is 5.41 Å². The van der Waals surface area contributed by atoms with Gasteiger partial charge in [-0.2, -0.15) is 0 Å². The van der Waals surface area contributed by atoms with Gasteiger partial charge >= 0.3 is 6.36 Å². The first-order chi connectivity index (χ1) is 8.37. The van der Waals surface area contributed by atoms with Crippen LogP contribution in [-0.4, -0.2) is 25.4 Å². The van der Waals surface area contributed by atoms with Crippen molar-refractivity contribution in [3.05, 3.63) is 29.8 Å². The second-order valence-electron chi connectivity index (χ2n) is 3.52. The number of hydrogen-bond donors (Lipinski definition) is 2. The maximum Gasteiger partial charge on any atom is 0.573 e. The smallest absolute Gasteiger partial charge is 0.406 e. The van der Waals surface area contributed by atoms with Crippen molar-refractivity contribution in [3.8, 4) is 5.75 Å². The summed E-state index contributed by atoms with van der Waals surface area (Å²) in [7, 11) is 0. The van der Waals surface area contributed by atoms with E-state index in [1.807, 2.05) is 0 Å². The van der Waals surface area contributed by atoms with Crippen LogP contribution < -0.4 is 10.5 Å². The molecule has 0 bridgehead atoms. The third-order valence-corrected chi connectivity index (χ3v) is 1.92. The van der Waals surface area contributed by atoms with Crippen LogP contribution in [0.3, 0.4) is 0 Å². The molecule has 19 heavy (non-hydrogen) atoms. The molecule has 0 fully saturated rings. The fourth-order valence-corrected chi connectivity index (χ4v) is 1.27. The molecule has 0 atom stereocenters. The number of rotatable bonds is 6. The minimum absolute atomic E-state index is 0. The zero-order valence-corrected chi connectivity index (χ0v) is 10.7. The van der Waals surface area contributed by atoms with E-state index in [9.17, 15) is 13.2 Å². The zero-order chi connectivity index (χ0) is 13.6. The molecule has 0 radical (unpaired) electrons. The van der Waals surface area contributed by atoms with E-state index in [0.29, 0.717) is 12.0 Å². The topological polar surface area (TPSA) is 68.3 Å². The lowest BCUT2D eigenvalue weighted by Crippen LogP contribution is -2.18. The largest absolute Gasteiger partial charge is 0.573 e. The highest BCUT2D eigenvalue weighted by Gasteiger charge is 2.31. The molecule has 0 aliphatic carbocycles. The van der Waals surface area contributed by atoms with Crippen LogP contribution >= 0.6 is 12.4 Å². The fraction of sp³-hybridized carbons (Fsp3) is 0.364. The van der Waals surface area contributed by atoms with Crippen LogP contribution in [0.1, 0.15) is 5.56 Å². The number of alkyl halides is 3. The quantitative estimate of drug-likeness (QED) is 0.482. The molecular weight excluding hydrogens is 285 g/mol. The van der Waals surface area contributed by atoms with Crippen LogP contribution in [0.2, 0.25) is 0 Å². The van der Waals surface area contributed by atoms with Crippen LogP contribution in [0.15, 0.2) is 24.3 Å². The lowest BCUT2D eigenvalue weighted by Gasteiger charge is -2.10. The molecule has 0 aliphatic heterocycles. The van der Waals surface area contributed by atoms with Gasteiger partial charge in [-0.15, -0.1) is 25.6 Å². The predicted octanol–water partition coefficient (Wildman–Crippen LogP) is 2.50. The van der Waals surface area contributed by atoms with Crippen LogP contribution in [0.4, 0.5) is 13.2 Å². The van der Waals surface area contributed by atoms with Crippen molar-refractivity contribution in [1.29, 1.82) is 5.41 Å². The fourth-order valence-electron chi connectivity index (χ4n) is 1.27. The van der Waals surface area contributed by atoms with Gasteiger partial charge < -0.3 is 15.2 Å². The molecule has 8 heteroatoms. The Morgan fingerprint density at radius 2 is 2.00 bits per heavy atom. The van der Waals surface area contributed by atoms with Gasteiger partial charge in [-0.1, -0.05) is 12.1 Å². The summed E-state index contributed by atoms with van der Waals surface area (Å²) in [5, 5.41) is 6.92. The zero-order valence-electron chi connectivity index (χ0n) is 9.87. The summed E-state index contributed by atoms with van der Waals surface area (Å²) in [4.78, 5) is 0. The molecule has 4 nitrogen and oxygen atoms in total. The third-order valence-electron chi connectivity index (χ3n) is 1.92. The molecule has 0 unspecified atom stereocenters. The van der Waals surface area contributed by atoms with Gasteiger partial charge in [-0.05, 0) is 24.1 Å². The number of amidine groups is 1. The average Bonchev–Trinajstić information content (AvgIpc) is 2.22. The van der Waals surface area contributed by atoms with E-state index in [1.54, 1.807) is 6.07 Å². The van der Waals surface area contributed by atoms with Gasteiger partial charge in [0, 0.05) is 0 Å². The van der Waals surface area contributed by atoms with Crippen molar-refractivity contribution in [3.63, 3.8) is 0 Å². The molecule has 0 saturated heterocycles. The van der Waals surface area contributed by atoms with Crippen LogP contribution in [-0.2, 0) is 11.2 Å². The summed E-state index contributed by atoms with van der Waals surface area (Å²) in [6.45, 7) is 0.286. The highest BCUT2D eigenvalue weighted by Crippen LogP contribution is 2.23. The summed E-state index contributed by atoms with van der Waals surface area (Å²) in [5.41, 5.74) is 5.73. The van der Waals surface area contributed by atoms with Gasteiger partial charge in [0.15, 0.2) is 0 Å². The number of nitrogens with one attached hydrogen (secondary N) is 1. The van der Waals surface area contributed by atoms with Gasteiger partial charge in [-0.25, -0.2) is 0 Å². The first-order valence-corrected chi connectivity index (χ1v) is 5.12. The van der Waals surface area contributed by atoms with Crippen molar-refractivity contribution in [2.45, 2.75) is 12.8 Å². The Balaban J connectivity index is 0.00000324. The monoisotopic (exact) mass is 298 g/mol. The minimum atomic E-state index is -4.69. The van der Waals surface area contributed by atoms with Gasteiger partial charge in [0.25, 0.3) is 0 Å². The normalized spacial score (nSPS) is 10.7. The van der Waals surface area contributed by atoms with Gasteiger partial charge in [0.1, 0.15) is 18.2 Å². The molecular formula is C11H14ClF3N2O2. The molecule has 1 aromatic carbocycles. The molecule has 0 amide bonds. The number of benzene rings is 1. The van der Waals surface area contributed by atoms with E-state index in [4.69, 9.17) is 15.9 Å². The Kier molecular flexibility index (Phi) is 7.25. The summed E-state index contributed by atoms with van der Waals surface area (Å²) in [5.74, 6) is -0.351. The molecule has 108 valence electrons. The first kappa shape index (κ1) is 17.5. The van der Waals surface area contributed by atoms with Crippen molar-refractivity contribution in [2.24, 2.45) is 5.73 Å². The van der Waals surface area contributed by atoms with E-state index >= 15 is 0 Å². The van der Waals surface area contributed by atoms with Crippen LogP contribution in [0.25, 0.3) is 0 Å². The second kappa shape index (κ2) is 7.85. The lowest BCUT2D eigenvalue weighted by molar-refractivity contribution is -0.274. The minimum Gasteiger partial charge on any atom is -0.406 e. The van der Waals surface area contributed by atoms with E-state index in [2.05, 4.69) is 4.74 Å². The summed E-state index contributed by atoms with van der Waals surface area (Å²) < 4.78 is 44.8. The summed E-state index contributed by atoms with van der Waals surface area (Å²) in [6, 6.07) is 5.67. The lowest BCUT2D eigenvalue weighted by atomic mass is 10.1. The molecule has 0 spiro atoms. The van der Waals surface area contributed by atoms with Crippen molar-refractivity contribution in [2.75, 3.05) is 13.2 Å². The Hall–Kier alpha value is -1.47. The molecule has 1 rings (SSSR count). The molecule has 0 aliphatic rings. The Bertz CT molecular complexity index is 413. The molecule has 3 N–H and O–H groups in total. The Morgan fingerprint density at radius 3 is 2.58 bits per heavy atom. The first-order valence-electron chi connectivity index (χ1n) is 5.12. The third kappa shape index (κ3) is 8.28. The molecule has 0 heterocycles. The highest BCUT2D eigenvalue weighted by atomic mass is 35.5.